The molecule has 0 bridgehead atoms. The Bertz CT molecular complexity index is 586. The van der Waals surface area contributed by atoms with E-state index in [0.717, 1.165) is 43.5 Å². The molecule has 3 rings (SSSR count). The summed E-state index contributed by atoms with van der Waals surface area (Å²) < 4.78 is 5.41. The van der Waals surface area contributed by atoms with E-state index in [1.54, 1.807) is 0 Å². The lowest BCUT2D eigenvalue weighted by Crippen LogP contribution is -2.37. The molecular formula is C17H27N5O2. The molecule has 132 valence electrons. The van der Waals surface area contributed by atoms with Crippen LogP contribution >= 0.6 is 0 Å². The molecule has 1 atom stereocenters. The summed E-state index contributed by atoms with van der Waals surface area (Å²) in [7, 11) is 0. The number of anilines is 2. The lowest BCUT2D eigenvalue weighted by Gasteiger charge is -2.27. The van der Waals surface area contributed by atoms with Gasteiger partial charge in [-0.1, -0.05) is 6.92 Å². The molecule has 2 aliphatic heterocycles. The van der Waals surface area contributed by atoms with Gasteiger partial charge < -0.3 is 19.9 Å². The quantitative estimate of drug-likeness (QED) is 0.876. The van der Waals surface area contributed by atoms with Crippen LogP contribution in [0.4, 0.5) is 11.8 Å². The highest BCUT2D eigenvalue weighted by atomic mass is 16.5. The fourth-order valence-electron chi connectivity index (χ4n) is 3.18. The van der Waals surface area contributed by atoms with Crippen LogP contribution in [-0.4, -0.2) is 65.7 Å². The van der Waals surface area contributed by atoms with Crippen LogP contribution in [0.25, 0.3) is 0 Å². The van der Waals surface area contributed by atoms with Gasteiger partial charge in [0.2, 0.25) is 11.9 Å². The zero-order valence-corrected chi connectivity index (χ0v) is 14.8. The van der Waals surface area contributed by atoms with Gasteiger partial charge in [-0.3, -0.25) is 4.79 Å². The van der Waals surface area contributed by atoms with Crippen molar-refractivity contribution < 1.29 is 9.53 Å². The molecule has 2 aliphatic rings. The van der Waals surface area contributed by atoms with E-state index >= 15 is 0 Å². The Balaban J connectivity index is 1.74. The minimum absolute atomic E-state index is 0.108. The molecule has 1 unspecified atom stereocenters. The Labute approximate surface area is 143 Å². The second kappa shape index (κ2) is 7.34. The van der Waals surface area contributed by atoms with Gasteiger partial charge in [-0.15, -0.1) is 0 Å². The van der Waals surface area contributed by atoms with Crippen molar-refractivity contribution >= 4 is 17.7 Å². The van der Waals surface area contributed by atoms with Crippen molar-refractivity contribution in [3.63, 3.8) is 0 Å². The van der Waals surface area contributed by atoms with Crippen LogP contribution in [0.2, 0.25) is 0 Å². The van der Waals surface area contributed by atoms with Gasteiger partial charge >= 0.3 is 0 Å². The highest BCUT2D eigenvalue weighted by Crippen LogP contribution is 2.21. The molecule has 0 aliphatic carbocycles. The van der Waals surface area contributed by atoms with E-state index in [2.05, 4.69) is 41.0 Å². The summed E-state index contributed by atoms with van der Waals surface area (Å²) in [6.45, 7) is 9.98. The van der Waals surface area contributed by atoms with E-state index in [4.69, 9.17) is 4.74 Å². The average Bonchev–Trinajstić information content (AvgIpc) is 2.96. The minimum atomic E-state index is 0.108. The zero-order chi connectivity index (χ0) is 17.1. The molecule has 2 saturated heterocycles. The summed E-state index contributed by atoms with van der Waals surface area (Å²) in [5.41, 5.74) is 1.01. The predicted octanol–water partition coefficient (Wildman–Crippen LogP) is 1.30. The maximum absolute atomic E-state index is 12.1. The molecule has 24 heavy (non-hydrogen) atoms. The van der Waals surface area contributed by atoms with Crippen molar-refractivity contribution in [3.05, 3.63) is 11.8 Å². The number of aromatic nitrogens is 2. The first kappa shape index (κ1) is 17.0. The molecule has 1 aromatic rings. The van der Waals surface area contributed by atoms with Crippen LogP contribution < -0.4 is 10.2 Å². The van der Waals surface area contributed by atoms with Crippen LogP contribution in [0, 0.1) is 0 Å². The molecule has 1 aromatic heterocycles. The molecule has 0 aromatic carbocycles. The molecule has 3 heterocycles. The highest BCUT2D eigenvalue weighted by Gasteiger charge is 2.31. The molecule has 0 saturated carbocycles. The van der Waals surface area contributed by atoms with Gasteiger partial charge in [0.25, 0.3) is 0 Å². The summed E-state index contributed by atoms with van der Waals surface area (Å²) in [5, 5.41) is 3.44. The maximum Gasteiger partial charge on any atom is 0.227 e. The van der Waals surface area contributed by atoms with E-state index in [1.807, 2.05) is 11.0 Å². The molecule has 7 heteroatoms. The Morgan fingerprint density at radius 1 is 1.33 bits per heavy atom. The Morgan fingerprint density at radius 3 is 2.71 bits per heavy atom. The first-order chi connectivity index (χ1) is 11.6. The van der Waals surface area contributed by atoms with Crippen molar-refractivity contribution in [2.24, 2.45) is 0 Å². The normalized spacial score (nSPS) is 21.7. The topological polar surface area (TPSA) is 70.6 Å². The lowest BCUT2D eigenvalue weighted by molar-refractivity contribution is -0.129. The number of carbonyl (C=O) groups is 1. The van der Waals surface area contributed by atoms with Crippen LogP contribution in [0.1, 0.15) is 32.9 Å². The summed E-state index contributed by atoms with van der Waals surface area (Å²) in [4.78, 5) is 25.5. The number of rotatable bonds is 5. The third-order valence-electron chi connectivity index (χ3n) is 4.56. The van der Waals surface area contributed by atoms with Crippen molar-refractivity contribution in [2.75, 3.05) is 43.1 Å². The van der Waals surface area contributed by atoms with Gasteiger partial charge in [0.15, 0.2) is 0 Å². The molecule has 1 amide bonds. The maximum atomic E-state index is 12.1. The van der Waals surface area contributed by atoms with Gasteiger partial charge in [0.05, 0.1) is 19.3 Å². The summed E-state index contributed by atoms with van der Waals surface area (Å²) >= 11 is 0. The number of hydrogen-bond donors (Lipinski definition) is 1. The third kappa shape index (κ3) is 3.77. The van der Waals surface area contributed by atoms with E-state index in [0.29, 0.717) is 19.6 Å². The van der Waals surface area contributed by atoms with Crippen molar-refractivity contribution in [2.45, 2.75) is 45.7 Å². The second-order valence-electron chi connectivity index (χ2n) is 6.68. The van der Waals surface area contributed by atoms with E-state index in [1.165, 1.54) is 0 Å². The summed E-state index contributed by atoms with van der Waals surface area (Å²) in [6, 6.07) is 2.34. The molecule has 0 radical (unpaired) electrons. The molecule has 0 spiro atoms. The fraction of sp³-hybridized carbons (Fsp3) is 0.706. The molecular weight excluding hydrogens is 306 g/mol. The second-order valence-corrected chi connectivity index (χ2v) is 6.68. The van der Waals surface area contributed by atoms with Crippen molar-refractivity contribution in [1.29, 1.82) is 0 Å². The zero-order valence-electron chi connectivity index (χ0n) is 14.8. The van der Waals surface area contributed by atoms with Crippen molar-refractivity contribution in [3.8, 4) is 0 Å². The van der Waals surface area contributed by atoms with Gasteiger partial charge in [0.1, 0.15) is 5.82 Å². The average molecular weight is 333 g/mol. The molecule has 2 fully saturated rings. The first-order valence-corrected chi connectivity index (χ1v) is 8.83. The number of nitrogens with zero attached hydrogens (tertiary/aromatic N) is 4. The first-order valence-electron chi connectivity index (χ1n) is 8.83. The summed E-state index contributed by atoms with van der Waals surface area (Å²) in [6.07, 6.45) is 1.38. The molecule has 7 nitrogen and oxygen atoms in total. The van der Waals surface area contributed by atoms with Crippen LogP contribution in [-0.2, 0) is 16.0 Å². The van der Waals surface area contributed by atoms with E-state index in [-0.39, 0.29) is 18.0 Å². The fourth-order valence-corrected chi connectivity index (χ4v) is 3.18. The number of ether oxygens (including phenoxy) is 1. The van der Waals surface area contributed by atoms with Gasteiger partial charge in [-0.2, -0.15) is 4.98 Å². The standard InChI is InChI=1S/C17H27N5O2/c1-4-13-9-15(18-14-10-16(23)22(11-14)12(2)3)20-17(19-13)21-5-7-24-8-6-21/h9,12,14H,4-8,10-11H2,1-3H3,(H,18,19,20). The number of aryl methyl sites for hydroxylation is 1. The SMILES string of the molecule is CCc1cc(NC2CC(=O)N(C(C)C)C2)nc(N2CCOCC2)n1. The monoisotopic (exact) mass is 333 g/mol. The number of hydrogen-bond acceptors (Lipinski definition) is 6. The number of likely N-dealkylation sites (tertiary alicyclic amines) is 1. The molecule has 1 N–H and O–H groups in total. The number of amides is 1. The number of carbonyl (C=O) groups excluding carboxylic acids is 1. The number of nitrogens with one attached hydrogen (secondary N) is 1. The Hall–Kier alpha value is -1.89. The van der Waals surface area contributed by atoms with Crippen LogP contribution in [0.15, 0.2) is 6.07 Å². The summed E-state index contributed by atoms with van der Waals surface area (Å²) in [5.74, 6) is 1.78. The third-order valence-corrected chi connectivity index (χ3v) is 4.56. The predicted molar refractivity (Wildman–Crippen MR) is 93.3 cm³/mol. The minimum Gasteiger partial charge on any atom is -0.378 e. The number of morpholine rings is 1. The van der Waals surface area contributed by atoms with E-state index < -0.39 is 0 Å². The van der Waals surface area contributed by atoms with E-state index in [9.17, 15) is 4.79 Å². The van der Waals surface area contributed by atoms with Gasteiger partial charge in [0, 0.05) is 43.9 Å². The largest absolute Gasteiger partial charge is 0.378 e. The lowest BCUT2D eigenvalue weighted by atomic mass is 10.2. The van der Waals surface area contributed by atoms with Gasteiger partial charge in [-0.05, 0) is 20.3 Å². The Kier molecular flexibility index (Phi) is 5.18. The van der Waals surface area contributed by atoms with Crippen molar-refractivity contribution in [1.82, 2.24) is 14.9 Å². The smallest absolute Gasteiger partial charge is 0.227 e. The van der Waals surface area contributed by atoms with Crippen LogP contribution in [0.3, 0.4) is 0 Å². The highest BCUT2D eigenvalue weighted by molar-refractivity contribution is 5.80. The van der Waals surface area contributed by atoms with Gasteiger partial charge in [-0.25, -0.2) is 4.98 Å². The Morgan fingerprint density at radius 2 is 2.08 bits per heavy atom. The van der Waals surface area contributed by atoms with Crippen LogP contribution in [0.5, 0.6) is 0 Å².